The molecule has 0 bridgehead atoms. The minimum absolute atomic E-state index is 0.0742. The van der Waals surface area contributed by atoms with Gasteiger partial charge >= 0.3 is 0 Å². The van der Waals surface area contributed by atoms with Gasteiger partial charge < -0.3 is 11.1 Å². The quantitative estimate of drug-likeness (QED) is 0.671. The van der Waals surface area contributed by atoms with Crippen LogP contribution in [0.4, 0.5) is 5.69 Å². The SMILES string of the molecule is NC(=O)c1ccc(NC(=O)C2CCCN(S(=O)(=O)CCCc3ccccc3)C2)cc1. The first-order valence-electron chi connectivity index (χ1n) is 10.1. The Labute approximate surface area is 177 Å². The number of piperidine rings is 1. The molecule has 2 aromatic rings. The first-order chi connectivity index (χ1) is 14.3. The highest BCUT2D eigenvalue weighted by molar-refractivity contribution is 7.89. The number of amides is 2. The van der Waals surface area contributed by atoms with Gasteiger partial charge in [-0.05, 0) is 55.5 Å². The first kappa shape index (κ1) is 22.0. The molecule has 3 rings (SSSR count). The molecule has 1 fully saturated rings. The van der Waals surface area contributed by atoms with Crippen molar-refractivity contribution in [2.45, 2.75) is 25.7 Å². The van der Waals surface area contributed by atoms with Gasteiger partial charge in [-0.3, -0.25) is 9.59 Å². The number of anilines is 1. The number of sulfonamides is 1. The number of primary amides is 1. The molecule has 30 heavy (non-hydrogen) atoms. The van der Waals surface area contributed by atoms with E-state index in [9.17, 15) is 18.0 Å². The summed E-state index contributed by atoms with van der Waals surface area (Å²) in [4.78, 5) is 23.8. The average molecular weight is 430 g/mol. The highest BCUT2D eigenvalue weighted by Crippen LogP contribution is 2.22. The van der Waals surface area contributed by atoms with Crippen molar-refractivity contribution in [2.75, 3.05) is 24.2 Å². The predicted octanol–water partition coefficient (Wildman–Crippen LogP) is 2.40. The standard InChI is InChI=1S/C22H27N3O4S/c23-21(26)18-10-12-20(13-11-18)24-22(27)19-9-4-14-25(16-19)30(28,29)15-5-8-17-6-2-1-3-7-17/h1-3,6-7,10-13,19H,4-5,8-9,14-16H2,(H2,23,26)(H,24,27). The Kier molecular flexibility index (Phi) is 7.23. The number of hydrogen-bond acceptors (Lipinski definition) is 4. The molecular formula is C22H27N3O4S. The van der Waals surface area contributed by atoms with Crippen molar-refractivity contribution in [1.82, 2.24) is 4.31 Å². The fourth-order valence-corrected chi connectivity index (χ4v) is 5.19. The minimum atomic E-state index is -3.41. The predicted molar refractivity (Wildman–Crippen MR) is 116 cm³/mol. The maximum absolute atomic E-state index is 12.8. The topological polar surface area (TPSA) is 110 Å². The number of aryl methyl sites for hydroxylation is 1. The van der Waals surface area contributed by atoms with Crippen LogP contribution in [0.5, 0.6) is 0 Å². The molecule has 0 spiro atoms. The Bertz CT molecular complexity index is 975. The number of rotatable bonds is 8. The van der Waals surface area contributed by atoms with Crippen molar-refractivity contribution in [3.8, 4) is 0 Å². The molecule has 160 valence electrons. The third kappa shape index (κ3) is 5.90. The number of nitrogens with one attached hydrogen (secondary N) is 1. The number of nitrogens with two attached hydrogens (primary N) is 1. The molecule has 1 atom stereocenters. The smallest absolute Gasteiger partial charge is 0.248 e. The summed E-state index contributed by atoms with van der Waals surface area (Å²) in [6.07, 6.45) is 2.54. The largest absolute Gasteiger partial charge is 0.366 e. The Morgan fingerprint density at radius 1 is 1.07 bits per heavy atom. The van der Waals surface area contributed by atoms with Crippen molar-refractivity contribution < 1.29 is 18.0 Å². The van der Waals surface area contributed by atoms with Crippen LogP contribution < -0.4 is 11.1 Å². The van der Waals surface area contributed by atoms with Crippen LogP contribution in [0.1, 0.15) is 35.2 Å². The van der Waals surface area contributed by atoms with Gasteiger partial charge in [0.1, 0.15) is 0 Å². The van der Waals surface area contributed by atoms with E-state index in [4.69, 9.17) is 5.73 Å². The van der Waals surface area contributed by atoms with Gasteiger partial charge in [0.05, 0.1) is 11.7 Å². The normalized spacial score (nSPS) is 17.4. The Morgan fingerprint density at radius 2 is 1.77 bits per heavy atom. The van der Waals surface area contributed by atoms with E-state index >= 15 is 0 Å². The number of carbonyl (C=O) groups is 2. The third-order valence-electron chi connectivity index (χ3n) is 5.30. The van der Waals surface area contributed by atoms with Gasteiger partial charge in [0.2, 0.25) is 21.8 Å². The van der Waals surface area contributed by atoms with Crippen LogP contribution in [-0.4, -0.2) is 43.4 Å². The summed E-state index contributed by atoms with van der Waals surface area (Å²) in [5, 5.41) is 2.80. The maximum atomic E-state index is 12.8. The van der Waals surface area contributed by atoms with E-state index in [2.05, 4.69) is 5.32 Å². The maximum Gasteiger partial charge on any atom is 0.248 e. The zero-order valence-corrected chi connectivity index (χ0v) is 17.6. The van der Waals surface area contributed by atoms with Crippen molar-refractivity contribution in [3.63, 3.8) is 0 Å². The highest BCUT2D eigenvalue weighted by atomic mass is 32.2. The van der Waals surface area contributed by atoms with E-state index < -0.39 is 21.8 Å². The van der Waals surface area contributed by atoms with Crippen molar-refractivity contribution >= 4 is 27.5 Å². The van der Waals surface area contributed by atoms with E-state index in [1.54, 1.807) is 24.3 Å². The van der Waals surface area contributed by atoms with Crippen LogP contribution in [0, 0.1) is 5.92 Å². The molecule has 1 saturated heterocycles. The zero-order valence-electron chi connectivity index (χ0n) is 16.8. The van der Waals surface area contributed by atoms with Crippen LogP contribution in [0.2, 0.25) is 0 Å². The second-order valence-electron chi connectivity index (χ2n) is 7.53. The molecule has 1 aliphatic rings. The number of hydrogen-bond donors (Lipinski definition) is 2. The molecule has 0 radical (unpaired) electrons. The summed E-state index contributed by atoms with van der Waals surface area (Å²) in [5.74, 6) is -1.08. The molecule has 3 N–H and O–H groups in total. The summed E-state index contributed by atoms with van der Waals surface area (Å²) in [7, 11) is -3.41. The van der Waals surface area contributed by atoms with E-state index in [1.807, 2.05) is 30.3 Å². The Hall–Kier alpha value is -2.71. The van der Waals surface area contributed by atoms with Gasteiger partial charge in [0.15, 0.2) is 0 Å². The van der Waals surface area contributed by atoms with Crippen LogP contribution in [0.15, 0.2) is 54.6 Å². The second-order valence-corrected chi connectivity index (χ2v) is 9.62. The van der Waals surface area contributed by atoms with Crippen LogP contribution in [0.3, 0.4) is 0 Å². The lowest BCUT2D eigenvalue weighted by Gasteiger charge is -2.31. The third-order valence-corrected chi connectivity index (χ3v) is 7.22. The lowest BCUT2D eigenvalue weighted by atomic mass is 9.98. The Balaban J connectivity index is 1.54. The summed E-state index contributed by atoms with van der Waals surface area (Å²) >= 11 is 0. The van der Waals surface area contributed by atoms with Gasteiger partial charge in [0, 0.05) is 24.3 Å². The molecular weight excluding hydrogens is 402 g/mol. The molecule has 1 aliphatic heterocycles. The number of carbonyl (C=O) groups excluding carboxylic acids is 2. The van der Waals surface area contributed by atoms with E-state index in [1.165, 1.54) is 4.31 Å². The van der Waals surface area contributed by atoms with Gasteiger partial charge in [-0.1, -0.05) is 30.3 Å². The Morgan fingerprint density at radius 3 is 2.43 bits per heavy atom. The van der Waals surface area contributed by atoms with Crippen LogP contribution >= 0.6 is 0 Å². The van der Waals surface area contributed by atoms with E-state index in [0.717, 1.165) is 5.56 Å². The molecule has 0 saturated carbocycles. The fourth-order valence-electron chi connectivity index (χ4n) is 3.60. The summed E-state index contributed by atoms with van der Waals surface area (Å²) in [6.45, 7) is 0.642. The lowest BCUT2D eigenvalue weighted by molar-refractivity contribution is -0.120. The lowest BCUT2D eigenvalue weighted by Crippen LogP contribution is -2.44. The van der Waals surface area contributed by atoms with Gasteiger partial charge in [-0.15, -0.1) is 0 Å². The second kappa shape index (κ2) is 9.86. The van der Waals surface area contributed by atoms with Crippen molar-refractivity contribution in [3.05, 3.63) is 65.7 Å². The first-order valence-corrected chi connectivity index (χ1v) is 11.7. The van der Waals surface area contributed by atoms with Crippen molar-refractivity contribution in [1.29, 1.82) is 0 Å². The molecule has 0 aliphatic carbocycles. The molecule has 7 nitrogen and oxygen atoms in total. The summed E-state index contributed by atoms with van der Waals surface area (Å²) in [5.41, 5.74) is 7.24. The van der Waals surface area contributed by atoms with E-state index in [0.29, 0.717) is 43.5 Å². The molecule has 0 aromatic heterocycles. The summed E-state index contributed by atoms with van der Waals surface area (Å²) in [6, 6.07) is 16.1. The number of benzene rings is 2. The van der Waals surface area contributed by atoms with E-state index in [-0.39, 0.29) is 18.2 Å². The van der Waals surface area contributed by atoms with Gasteiger partial charge in [-0.2, -0.15) is 0 Å². The molecule has 8 heteroatoms. The summed E-state index contributed by atoms with van der Waals surface area (Å²) < 4.78 is 27.0. The molecule has 1 unspecified atom stereocenters. The molecule has 1 heterocycles. The monoisotopic (exact) mass is 429 g/mol. The average Bonchev–Trinajstić information content (AvgIpc) is 2.75. The van der Waals surface area contributed by atoms with Crippen LogP contribution in [-0.2, 0) is 21.2 Å². The number of nitrogens with zero attached hydrogens (tertiary/aromatic N) is 1. The molecule has 2 amide bonds. The fraction of sp³-hybridized carbons (Fsp3) is 0.364. The minimum Gasteiger partial charge on any atom is -0.366 e. The molecule has 2 aromatic carbocycles. The van der Waals surface area contributed by atoms with Crippen LogP contribution in [0.25, 0.3) is 0 Å². The highest BCUT2D eigenvalue weighted by Gasteiger charge is 2.32. The van der Waals surface area contributed by atoms with Gasteiger partial charge in [0.25, 0.3) is 0 Å². The van der Waals surface area contributed by atoms with Gasteiger partial charge in [-0.25, -0.2) is 12.7 Å². The van der Waals surface area contributed by atoms with Crippen molar-refractivity contribution in [2.24, 2.45) is 11.7 Å². The zero-order chi connectivity index (χ0) is 21.6.